The highest BCUT2D eigenvalue weighted by molar-refractivity contribution is 6.31. The number of aliphatic hydroxyl groups excluding tert-OH is 1. The number of hydrogen-bond acceptors (Lipinski definition) is 3. The average Bonchev–Trinajstić information content (AvgIpc) is 2.46. The van der Waals surface area contributed by atoms with Gasteiger partial charge in [0, 0.05) is 5.56 Å². The van der Waals surface area contributed by atoms with Crippen molar-refractivity contribution >= 4 is 17.4 Å². The van der Waals surface area contributed by atoms with E-state index in [4.69, 9.17) is 16.9 Å². The number of benzene rings is 2. The summed E-state index contributed by atoms with van der Waals surface area (Å²) in [6.07, 6.45) is -1.28. The normalized spacial score (nSPS) is 11.6. The highest BCUT2D eigenvalue weighted by atomic mass is 35.5. The second-order valence-electron chi connectivity index (χ2n) is 3.98. The van der Waals surface area contributed by atoms with E-state index in [1.165, 1.54) is 18.2 Å². The first-order valence-corrected chi connectivity index (χ1v) is 5.98. The van der Waals surface area contributed by atoms with E-state index in [0.29, 0.717) is 16.7 Å². The number of halogens is 1. The molecule has 19 heavy (non-hydrogen) atoms. The first-order chi connectivity index (χ1) is 9.13. The van der Waals surface area contributed by atoms with Crippen LogP contribution in [0.2, 0.25) is 5.02 Å². The topological polar surface area (TPSA) is 61.1 Å². The van der Waals surface area contributed by atoms with Gasteiger partial charge in [-0.1, -0.05) is 48.0 Å². The van der Waals surface area contributed by atoms with Crippen molar-refractivity contribution in [1.82, 2.24) is 0 Å². The lowest BCUT2D eigenvalue weighted by Gasteiger charge is -2.10. The number of ketones is 1. The first kappa shape index (κ1) is 13.3. The van der Waals surface area contributed by atoms with Gasteiger partial charge in [-0.2, -0.15) is 5.26 Å². The maximum Gasteiger partial charge on any atom is 0.195 e. The minimum atomic E-state index is -1.28. The number of nitrogens with zero attached hydrogens (tertiary/aromatic N) is 1. The lowest BCUT2D eigenvalue weighted by atomic mass is 9.99. The molecule has 0 fully saturated rings. The Kier molecular flexibility index (Phi) is 3.96. The van der Waals surface area contributed by atoms with Crippen molar-refractivity contribution in [3.8, 4) is 6.07 Å². The Balaban J connectivity index is 2.30. The Hall–Kier alpha value is -2.15. The molecule has 1 N–H and O–H groups in total. The molecule has 2 aromatic carbocycles. The van der Waals surface area contributed by atoms with Crippen LogP contribution in [0.4, 0.5) is 0 Å². The van der Waals surface area contributed by atoms with E-state index >= 15 is 0 Å². The monoisotopic (exact) mass is 271 g/mol. The van der Waals surface area contributed by atoms with Crippen molar-refractivity contribution in [2.45, 2.75) is 6.10 Å². The Morgan fingerprint density at radius 2 is 1.89 bits per heavy atom. The summed E-state index contributed by atoms with van der Waals surface area (Å²) < 4.78 is 0. The molecule has 0 aliphatic heterocycles. The van der Waals surface area contributed by atoms with Crippen LogP contribution in [0.3, 0.4) is 0 Å². The Morgan fingerprint density at radius 1 is 1.21 bits per heavy atom. The maximum atomic E-state index is 12.1. The van der Waals surface area contributed by atoms with Gasteiger partial charge in [-0.05, 0) is 17.7 Å². The number of hydrogen-bond donors (Lipinski definition) is 1. The summed E-state index contributed by atoms with van der Waals surface area (Å²) in [7, 11) is 0. The Morgan fingerprint density at radius 3 is 2.47 bits per heavy atom. The molecular weight excluding hydrogens is 262 g/mol. The molecule has 1 unspecified atom stereocenters. The smallest absolute Gasteiger partial charge is 0.195 e. The highest BCUT2D eigenvalue weighted by Crippen LogP contribution is 2.24. The number of carbonyl (C=O) groups excluding carboxylic acids is 1. The SMILES string of the molecule is N#Cc1ccc(C(O)C(=O)c2ccccc2)cc1Cl. The zero-order valence-electron chi connectivity index (χ0n) is 9.88. The lowest BCUT2D eigenvalue weighted by Crippen LogP contribution is -2.12. The maximum absolute atomic E-state index is 12.1. The van der Waals surface area contributed by atoms with E-state index in [9.17, 15) is 9.90 Å². The molecule has 0 aliphatic carbocycles. The molecular formula is C15H10ClNO2. The Labute approximate surface area is 115 Å². The van der Waals surface area contributed by atoms with Crippen molar-refractivity contribution in [2.24, 2.45) is 0 Å². The van der Waals surface area contributed by atoms with Gasteiger partial charge in [0.1, 0.15) is 12.2 Å². The number of Topliss-reactive ketones (excluding diaryl/α,β-unsaturated/α-hetero) is 1. The minimum absolute atomic E-state index is 0.222. The molecule has 0 heterocycles. The molecule has 0 bridgehead atoms. The molecule has 0 radical (unpaired) electrons. The standard InChI is InChI=1S/C15H10ClNO2/c16-13-8-11(6-7-12(13)9-17)15(19)14(18)10-4-2-1-3-5-10/h1-8,15,19H. The summed E-state index contributed by atoms with van der Waals surface area (Å²) in [5.74, 6) is -0.402. The third-order valence-electron chi connectivity index (χ3n) is 2.74. The largest absolute Gasteiger partial charge is 0.380 e. The molecule has 0 amide bonds. The molecule has 2 rings (SSSR count). The molecule has 1 atom stereocenters. The number of nitriles is 1. The zero-order valence-corrected chi connectivity index (χ0v) is 10.6. The third-order valence-corrected chi connectivity index (χ3v) is 3.05. The quantitative estimate of drug-likeness (QED) is 0.873. The predicted octanol–water partition coefficient (Wildman–Crippen LogP) is 3.13. The van der Waals surface area contributed by atoms with Crippen LogP contribution in [-0.4, -0.2) is 10.9 Å². The average molecular weight is 272 g/mol. The van der Waals surface area contributed by atoms with Crippen LogP contribution < -0.4 is 0 Å². The van der Waals surface area contributed by atoms with Gasteiger partial charge in [0.15, 0.2) is 5.78 Å². The molecule has 3 nitrogen and oxygen atoms in total. The van der Waals surface area contributed by atoms with Gasteiger partial charge >= 0.3 is 0 Å². The second kappa shape index (κ2) is 5.66. The van der Waals surface area contributed by atoms with Gasteiger partial charge in [-0.15, -0.1) is 0 Å². The summed E-state index contributed by atoms with van der Waals surface area (Å²) in [6.45, 7) is 0. The molecule has 0 aromatic heterocycles. The number of aliphatic hydroxyl groups is 1. The Bertz CT molecular complexity index is 647. The van der Waals surface area contributed by atoms with Crippen LogP contribution in [0, 0.1) is 11.3 Å². The molecule has 0 saturated heterocycles. The lowest BCUT2D eigenvalue weighted by molar-refractivity contribution is 0.0747. The van der Waals surface area contributed by atoms with Gasteiger partial charge in [0.05, 0.1) is 10.6 Å². The van der Waals surface area contributed by atoms with Crippen molar-refractivity contribution < 1.29 is 9.90 Å². The highest BCUT2D eigenvalue weighted by Gasteiger charge is 2.19. The number of rotatable bonds is 3. The van der Waals surface area contributed by atoms with Gasteiger partial charge < -0.3 is 5.11 Å². The zero-order chi connectivity index (χ0) is 13.8. The molecule has 0 spiro atoms. The summed E-state index contributed by atoms with van der Waals surface area (Å²) >= 11 is 5.88. The van der Waals surface area contributed by atoms with Gasteiger partial charge in [0.2, 0.25) is 0 Å². The van der Waals surface area contributed by atoms with E-state index < -0.39 is 11.9 Å². The summed E-state index contributed by atoms with van der Waals surface area (Å²) in [5.41, 5.74) is 1.11. The van der Waals surface area contributed by atoms with Crippen molar-refractivity contribution in [1.29, 1.82) is 5.26 Å². The summed E-state index contributed by atoms with van der Waals surface area (Å²) in [4.78, 5) is 12.1. The fraction of sp³-hybridized carbons (Fsp3) is 0.0667. The molecule has 94 valence electrons. The van der Waals surface area contributed by atoms with Crippen LogP contribution in [0.1, 0.15) is 27.6 Å². The fourth-order valence-corrected chi connectivity index (χ4v) is 1.94. The molecule has 2 aromatic rings. The van der Waals surface area contributed by atoms with Crippen LogP contribution in [0.25, 0.3) is 0 Å². The predicted molar refractivity (Wildman–Crippen MR) is 71.9 cm³/mol. The van der Waals surface area contributed by atoms with Crippen molar-refractivity contribution in [3.63, 3.8) is 0 Å². The third kappa shape index (κ3) is 2.82. The van der Waals surface area contributed by atoms with E-state index in [0.717, 1.165) is 0 Å². The second-order valence-corrected chi connectivity index (χ2v) is 4.39. The number of carbonyl (C=O) groups is 1. The summed E-state index contributed by atoms with van der Waals surface area (Å²) in [5, 5.41) is 19.0. The van der Waals surface area contributed by atoms with E-state index in [-0.39, 0.29) is 5.02 Å². The summed E-state index contributed by atoms with van der Waals surface area (Å²) in [6, 6.07) is 14.9. The van der Waals surface area contributed by atoms with Crippen LogP contribution in [-0.2, 0) is 0 Å². The van der Waals surface area contributed by atoms with Gasteiger partial charge in [0.25, 0.3) is 0 Å². The van der Waals surface area contributed by atoms with Gasteiger partial charge in [-0.25, -0.2) is 0 Å². The molecule has 0 saturated carbocycles. The minimum Gasteiger partial charge on any atom is -0.380 e. The van der Waals surface area contributed by atoms with E-state index in [1.807, 2.05) is 6.07 Å². The van der Waals surface area contributed by atoms with E-state index in [2.05, 4.69) is 0 Å². The van der Waals surface area contributed by atoms with Crippen molar-refractivity contribution in [3.05, 3.63) is 70.2 Å². The fourth-order valence-electron chi connectivity index (χ4n) is 1.70. The molecule has 0 aliphatic rings. The van der Waals surface area contributed by atoms with Crippen LogP contribution in [0.5, 0.6) is 0 Å². The first-order valence-electron chi connectivity index (χ1n) is 5.60. The van der Waals surface area contributed by atoms with Crippen LogP contribution in [0.15, 0.2) is 48.5 Å². The van der Waals surface area contributed by atoms with Crippen molar-refractivity contribution in [2.75, 3.05) is 0 Å². The van der Waals surface area contributed by atoms with Gasteiger partial charge in [-0.3, -0.25) is 4.79 Å². The molecule has 4 heteroatoms. The van der Waals surface area contributed by atoms with Crippen LogP contribution >= 0.6 is 11.6 Å². The van der Waals surface area contributed by atoms with E-state index in [1.54, 1.807) is 30.3 Å².